The first-order valence-corrected chi connectivity index (χ1v) is 6.01. The van der Waals surface area contributed by atoms with Crippen LogP contribution in [0.2, 0.25) is 0 Å². The molecule has 2 aliphatic rings. The van der Waals surface area contributed by atoms with Crippen LogP contribution in [-0.2, 0) is 0 Å². The van der Waals surface area contributed by atoms with Crippen molar-refractivity contribution in [1.82, 2.24) is 15.1 Å². The Morgan fingerprint density at radius 1 is 1.27 bits per heavy atom. The second kappa shape index (κ2) is 4.00. The van der Waals surface area contributed by atoms with E-state index in [0.29, 0.717) is 0 Å². The highest BCUT2D eigenvalue weighted by atomic mass is 16.2. The van der Waals surface area contributed by atoms with Crippen molar-refractivity contribution in [3.8, 4) is 0 Å². The fourth-order valence-electron chi connectivity index (χ4n) is 2.92. The number of carbonyl (C=O) groups is 1. The fourth-order valence-corrected chi connectivity index (χ4v) is 2.92. The third-order valence-electron chi connectivity index (χ3n) is 3.79. The van der Waals surface area contributed by atoms with E-state index in [9.17, 15) is 4.79 Å². The van der Waals surface area contributed by atoms with Crippen molar-refractivity contribution in [2.45, 2.75) is 32.2 Å². The molecule has 2 heterocycles. The van der Waals surface area contributed by atoms with Crippen molar-refractivity contribution in [3.05, 3.63) is 0 Å². The Labute approximate surface area is 91.6 Å². The van der Waals surface area contributed by atoms with Crippen molar-refractivity contribution in [1.29, 1.82) is 0 Å². The second-order valence-electron chi connectivity index (χ2n) is 4.52. The van der Waals surface area contributed by atoms with Gasteiger partial charge in [-0.2, -0.15) is 0 Å². The van der Waals surface area contributed by atoms with Crippen molar-refractivity contribution in [3.63, 3.8) is 0 Å². The number of rotatable bonds is 2. The molecule has 0 atom stereocenters. The van der Waals surface area contributed by atoms with Crippen LogP contribution < -0.4 is 5.32 Å². The number of amides is 2. The molecule has 0 aromatic heterocycles. The molecule has 2 saturated heterocycles. The normalized spacial score (nSPS) is 25.3. The number of piperidine rings is 1. The third kappa shape index (κ3) is 1.61. The average Bonchev–Trinajstić information content (AvgIpc) is 2.52. The summed E-state index contributed by atoms with van der Waals surface area (Å²) in [6, 6.07) is 0.238. The molecule has 0 aliphatic carbocycles. The molecule has 2 aliphatic heterocycles. The minimum absolute atomic E-state index is 0.132. The lowest BCUT2D eigenvalue weighted by atomic mass is 9.87. The molecule has 0 saturated carbocycles. The maximum atomic E-state index is 12.1. The van der Waals surface area contributed by atoms with Gasteiger partial charge in [-0.25, -0.2) is 4.79 Å². The maximum Gasteiger partial charge on any atom is 0.320 e. The molecular weight excluding hydrogens is 190 g/mol. The van der Waals surface area contributed by atoms with Gasteiger partial charge in [-0.3, -0.25) is 0 Å². The Bertz CT molecular complexity index is 248. The lowest BCUT2D eigenvalue weighted by molar-refractivity contribution is 0.130. The van der Waals surface area contributed by atoms with Crippen molar-refractivity contribution >= 4 is 6.03 Å². The highest BCUT2D eigenvalue weighted by Gasteiger charge is 2.48. The van der Waals surface area contributed by atoms with E-state index in [2.05, 4.69) is 24.1 Å². The van der Waals surface area contributed by atoms with E-state index >= 15 is 0 Å². The first-order valence-electron chi connectivity index (χ1n) is 6.01. The van der Waals surface area contributed by atoms with E-state index in [1.807, 2.05) is 4.90 Å². The van der Waals surface area contributed by atoms with Crippen molar-refractivity contribution in [2.75, 3.05) is 32.7 Å². The number of hydrogen-bond acceptors (Lipinski definition) is 2. The van der Waals surface area contributed by atoms with Gasteiger partial charge in [0.15, 0.2) is 0 Å². The van der Waals surface area contributed by atoms with E-state index in [1.165, 1.54) is 0 Å². The summed E-state index contributed by atoms with van der Waals surface area (Å²) in [4.78, 5) is 16.1. The summed E-state index contributed by atoms with van der Waals surface area (Å²) in [5.74, 6) is 0. The zero-order chi connectivity index (χ0) is 10.9. The molecule has 4 heteroatoms. The topological polar surface area (TPSA) is 35.6 Å². The lowest BCUT2D eigenvalue weighted by Crippen LogP contribution is -2.53. The first kappa shape index (κ1) is 10.7. The van der Waals surface area contributed by atoms with Gasteiger partial charge in [-0.05, 0) is 39.8 Å². The molecule has 0 aromatic rings. The molecule has 1 spiro atoms. The second-order valence-corrected chi connectivity index (χ2v) is 4.52. The molecular formula is C11H21N3O. The van der Waals surface area contributed by atoms with Crippen LogP contribution in [0.1, 0.15) is 26.7 Å². The Morgan fingerprint density at radius 2 is 1.93 bits per heavy atom. The van der Waals surface area contributed by atoms with Crippen LogP contribution in [0.5, 0.6) is 0 Å². The maximum absolute atomic E-state index is 12.1. The number of nitrogens with one attached hydrogen (secondary N) is 1. The molecule has 2 amide bonds. The zero-order valence-corrected chi connectivity index (χ0v) is 9.75. The SMILES string of the molecule is CCN1CC2(CCNCC2)N(CC)C1=O. The van der Waals surface area contributed by atoms with Gasteiger partial charge in [0.05, 0.1) is 5.54 Å². The van der Waals surface area contributed by atoms with Gasteiger partial charge in [0.2, 0.25) is 0 Å². The van der Waals surface area contributed by atoms with Gasteiger partial charge in [-0.15, -0.1) is 0 Å². The number of hydrogen-bond donors (Lipinski definition) is 1. The Kier molecular flexibility index (Phi) is 2.87. The summed E-state index contributed by atoms with van der Waals surface area (Å²) in [6.07, 6.45) is 2.20. The monoisotopic (exact) mass is 211 g/mol. The van der Waals surface area contributed by atoms with E-state index in [4.69, 9.17) is 0 Å². The van der Waals surface area contributed by atoms with Gasteiger partial charge in [-0.1, -0.05) is 0 Å². The zero-order valence-electron chi connectivity index (χ0n) is 9.75. The third-order valence-corrected chi connectivity index (χ3v) is 3.79. The summed E-state index contributed by atoms with van der Waals surface area (Å²) < 4.78 is 0. The van der Waals surface area contributed by atoms with Crippen LogP contribution in [0.25, 0.3) is 0 Å². The minimum atomic E-state index is 0.132. The van der Waals surface area contributed by atoms with Gasteiger partial charge < -0.3 is 15.1 Å². The van der Waals surface area contributed by atoms with Crippen LogP contribution >= 0.6 is 0 Å². The highest BCUT2D eigenvalue weighted by molar-refractivity contribution is 5.78. The molecule has 4 nitrogen and oxygen atoms in total. The molecule has 2 rings (SSSR count). The summed E-state index contributed by atoms with van der Waals surface area (Å²) >= 11 is 0. The minimum Gasteiger partial charge on any atom is -0.323 e. The van der Waals surface area contributed by atoms with Crippen LogP contribution in [0.15, 0.2) is 0 Å². The van der Waals surface area contributed by atoms with E-state index < -0.39 is 0 Å². The molecule has 86 valence electrons. The summed E-state index contributed by atoms with van der Waals surface area (Å²) in [7, 11) is 0. The molecule has 1 N–H and O–H groups in total. The van der Waals surface area contributed by atoms with Gasteiger partial charge in [0, 0.05) is 19.6 Å². The van der Waals surface area contributed by atoms with Crippen LogP contribution in [0.4, 0.5) is 4.79 Å². The molecule has 0 radical (unpaired) electrons. The number of likely N-dealkylation sites (N-methyl/N-ethyl adjacent to an activating group) is 2. The standard InChI is InChI=1S/C11H21N3O/c1-3-13-9-11(5-7-12-8-6-11)14(4-2)10(13)15/h12H,3-9H2,1-2H3. The summed E-state index contributed by atoms with van der Waals surface area (Å²) in [5.41, 5.74) is 0.132. The van der Waals surface area contributed by atoms with E-state index in [0.717, 1.165) is 45.6 Å². The largest absolute Gasteiger partial charge is 0.323 e. The Hall–Kier alpha value is -0.770. The smallest absolute Gasteiger partial charge is 0.320 e. The predicted octanol–water partition coefficient (Wildman–Crippen LogP) is 0.886. The van der Waals surface area contributed by atoms with Crippen molar-refractivity contribution < 1.29 is 4.79 Å². The van der Waals surface area contributed by atoms with E-state index in [1.54, 1.807) is 0 Å². The molecule has 0 unspecified atom stereocenters. The fraction of sp³-hybridized carbons (Fsp3) is 0.909. The molecule has 15 heavy (non-hydrogen) atoms. The molecule has 0 bridgehead atoms. The molecule has 0 aromatic carbocycles. The Morgan fingerprint density at radius 3 is 2.47 bits per heavy atom. The van der Waals surface area contributed by atoms with Gasteiger partial charge in [0.25, 0.3) is 0 Å². The van der Waals surface area contributed by atoms with Crippen LogP contribution in [0.3, 0.4) is 0 Å². The van der Waals surface area contributed by atoms with Gasteiger partial charge >= 0.3 is 6.03 Å². The van der Waals surface area contributed by atoms with Crippen molar-refractivity contribution in [2.24, 2.45) is 0 Å². The number of nitrogens with zero attached hydrogens (tertiary/aromatic N) is 2. The van der Waals surface area contributed by atoms with Crippen LogP contribution in [0, 0.1) is 0 Å². The predicted molar refractivity (Wildman–Crippen MR) is 59.9 cm³/mol. The van der Waals surface area contributed by atoms with E-state index in [-0.39, 0.29) is 11.6 Å². The van der Waals surface area contributed by atoms with Crippen LogP contribution in [-0.4, -0.2) is 54.1 Å². The van der Waals surface area contributed by atoms with Gasteiger partial charge in [0.1, 0.15) is 0 Å². The summed E-state index contributed by atoms with van der Waals surface area (Å²) in [5, 5.41) is 3.37. The quantitative estimate of drug-likeness (QED) is 0.736. The summed E-state index contributed by atoms with van der Waals surface area (Å²) in [6.45, 7) is 8.84. The average molecular weight is 211 g/mol. The first-order chi connectivity index (χ1) is 7.23. The lowest BCUT2D eigenvalue weighted by Gasteiger charge is -2.39. The Balaban J connectivity index is 2.19. The highest BCUT2D eigenvalue weighted by Crippen LogP contribution is 2.33. The molecule has 2 fully saturated rings. The number of carbonyl (C=O) groups excluding carboxylic acids is 1. The number of urea groups is 1.